The Morgan fingerprint density at radius 1 is 0.920 bits per heavy atom. The van der Waals surface area contributed by atoms with Gasteiger partial charge in [0.1, 0.15) is 0 Å². The molecule has 1 aliphatic heterocycles. The summed E-state index contributed by atoms with van der Waals surface area (Å²) in [5, 5.41) is 11.3. The number of piperazine rings is 1. The largest absolute Gasteiger partial charge is 0.339 e. The Morgan fingerprint density at radius 3 is 2.12 bits per heavy atom. The lowest BCUT2D eigenvalue weighted by molar-refractivity contribution is -0.130. The molecular weight excluding hydrogens is 318 g/mol. The van der Waals surface area contributed by atoms with E-state index in [2.05, 4.69) is 15.5 Å². The Balaban J connectivity index is 1.61. The molecule has 0 bridgehead atoms. The van der Waals surface area contributed by atoms with E-state index in [0.717, 1.165) is 5.69 Å². The van der Waals surface area contributed by atoms with Crippen LogP contribution in [0.3, 0.4) is 0 Å². The summed E-state index contributed by atoms with van der Waals surface area (Å²) in [6, 6.07) is 11.4. The van der Waals surface area contributed by atoms with E-state index in [-0.39, 0.29) is 11.8 Å². The van der Waals surface area contributed by atoms with E-state index < -0.39 is 0 Å². The van der Waals surface area contributed by atoms with Gasteiger partial charge in [-0.1, -0.05) is 17.7 Å². The zero-order chi connectivity index (χ0) is 17.8. The normalized spacial score (nSPS) is 14.3. The van der Waals surface area contributed by atoms with Gasteiger partial charge in [0, 0.05) is 38.8 Å². The third-order valence-corrected chi connectivity index (χ3v) is 4.22. The molecule has 3 rings (SSSR count). The van der Waals surface area contributed by atoms with Crippen LogP contribution in [0.25, 0.3) is 0 Å². The van der Waals surface area contributed by atoms with Crippen molar-refractivity contribution in [2.45, 2.75) is 13.8 Å². The predicted octanol–water partition coefficient (Wildman–Crippen LogP) is 1.83. The topological polar surface area (TPSA) is 78.4 Å². The Labute approximate surface area is 146 Å². The highest BCUT2D eigenvalue weighted by Gasteiger charge is 2.24. The maximum atomic E-state index is 12.5. The molecule has 25 heavy (non-hydrogen) atoms. The Kier molecular flexibility index (Phi) is 4.92. The summed E-state index contributed by atoms with van der Waals surface area (Å²) in [7, 11) is 0. The molecule has 1 aromatic heterocycles. The van der Waals surface area contributed by atoms with Crippen LogP contribution in [0.15, 0.2) is 36.4 Å². The third kappa shape index (κ3) is 4.12. The van der Waals surface area contributed by atoms with Crippen molar-refractivity contribution in [3.05, 3.63) is 47.7 Å². The number of aryl methyl sites for hydroxylation is 1. The number of benzene rings is 1. The van der Waals surface area contributed by atoms with Crippen molar-refractivity contribution >= 4 is 23.3 Å². The number of hydrogen-bond acceptors (Lipinski definition) is 5. The second-order valence-corrected chi connectivity index (χ2v) is 6.09. The van der Waals surface area contributed by atoms with Crippen LogP contribution in [0.1, 0.15) is 23.0 Å². The molecule has 7 heteroatoms. The Bertz CT molecular complexity index is 750. The summed E-state index contributed by atoms with van der Waals surface area (Å²) in [5.41, 5.74) is 2.41. The van der Waals surface area contributed by atoms with Crippen molar-refractivity contribution in [1.29, 1.82) is 0 Å². The molecule has 0 aliphatic carbocycles. The average molecular weight is 339 g/mol. The van der Waals surface area contributed by atoms with E-state index in [1.54, 1.807) is 28.9 Å². The van der Waals surface area contributed by atoms with Crippen LogP contribution >= 0.6 is 0 Å². The van der Waals surface area contributed by atoms with Crippen LogP contribution < -0.4 is 5.32 Å². The van der Waals surface area contributed by atoms with Crippen molar-refractivity contribution in [2.24, 2.45) is 0 Å². The van der Waals surface area contributed by atoms with Gasteiger partial charge in [-0.05, 0) is 31.2 Å². The smallest absolute Gasteiger partial charge is 0.274 e. The number of nitrogens with zero attached hydrogens (tertiary/aromatic N) is 4. The quantitative estimate of drug-likeness (QED) is 0.923. The van der Waals surface area contributed by atoms with E-state index in [1.807, 2.05) is 31.2 Å². The van der Waals surface area contributed by atoms with E-state index in [4.69, 9.17) is 0 Å². The molecule has 2 aromatic rings. The van der Waals surface area contributed by atoms with Gasteiger partial charge in [-0.15, -0.1) is 10.2 Å². The molecular formula is C18H21N5O2. The SMILES string of the molecule is CC(=O)N1CCN(C(=O)c2ccc(Nc3ccc(C)cc3)nn2)CC1. The first-order valence-corrected chi connectivity index (χ1v) is 8.25. The standard InChI is InChI=1S/C18H21N5O2/c1-13-3-5-15(6-4-13)19-17-8-7-16(20-21-17)18(25)23-11-9-22(10-12-23)14(2)24/h3-8H,9-12H2,1-2H3,(H,19,21). The van der Waals surface area contributed by atoms with Gasteiger partial charge >= 0.3 is 0 Å². The summed E-state index contributed by atoms with van der Waals surface area (Å²) >= 11 is 0. The zero-order valence-corrected chi connectivity index (χ0v) is 14.4. The minimum atomic E-state index is -0.155. The molecule has 1 saturated heterocycles. The molecule has 2 heterocycles. The maximum absolute atomic E-state index is 12.5. The second-order valence-electron chi connectivity index (χ2n) is 6.09. The first-order chi connectivity index (χ1) is 12.0. The van der Waals surface area contributed by atoms with Crippen LogP contribution in [0.5, 0.6) is 0 Å². The van der Waals surface area contributed by atoms with E-state index in [0.29, 0.717) is 37.7 Å². The number of aromatic nitrogens is 2. The highest BCUT2D eigenvalue weighted by molar-refractivity contribution is 5.92. The fraction of sp³-hybridized carbons (Fsp3) is 0.333. The fourth-order valence-corrected chi connectivity index (χ4v) is 2.68. The predicted molar refractivity (Wildman–Crippen MR) is 94.7 cm³/mol. The van der Waals surface area contributed by atoms with Gasteiger partial charge < -0.3 is 15.1 Å². The number of amides is 2. The van der Waals surface area contributed by atoms with Crippen LogP contribution in [-0.4, -0.2) is 58.0 Å². The number of anilines is 2. The number of nitrogens with one attached hydrogen (secondary N) is 1. The van der Waals surface area contributed by atoms with E-state index in [9.17, 15) is 9.59 Å². The van der Waals surface area contributed by atoms with Gasteiger partial charge in [0.15, 0.2) is 11.5 Å². The summed E-state index contributed by atoms with van der Waals surface area (Å²) in [5.74, 6) is 0.470. The molecule has 1 N–H and O–H groups in total. The van der Waals surface area contributed by atoms with Gasteiger partial charge in [-0.2, -0.15) is 0 Å². The highest BCUT2D eigenvalue weighted by Crippen LogP contribution is 2.15. The average Bonchev–Trinajstić information content (AvgIpc) is 2.64. The number of rotatable bonds is 3. The number of carbonyl (C=O) groups excluding carboxylic acids is 2. The van der Waals surface area contributed by atoms with Crippen molar-refractivity contribution in [1.82, 2.24) is 20.0 Å². The molecule has 0 atom stereocenters. The molecule has 1 aromatic carbocycles. The van der Waals surface area contributed by atoms with Gasteiger partial charge in [0.05, 0.1) is 0 Å². The van der Waals surface area contributed by atoms with Crippen LogP contribution in [0.2, 0.25) is 0 Å². The second kappa shape index (κ2) is 7.29. The van der Waals surface area contributed by atoms with Gasteiger partial charge in [-0.3, -0.25) is 9.59 Å². The van der Waals surface area contributed by atoms with E-state index >= 15 is 0 Å². The highest BCUT2D eigenvalue weighted by atomic mass is 16.2. The molecule has 1 fully saturated rings. The number of carbonyl (C=O) groups is 2. The lowest BCUT2D eigenvalue weighted by Crippen LogP contribution is -2.50. The molecule has 130 valence electrons. The van der Waals surface area contributed by atoms with Crippen molar-refractivity contribution in [3.63, 3.8) is 0 Å². The summed E-state index contributed by atoms with van der Waals surface area (Å²) in [6.45, 7) is 5.72. The van der Waals surface area contributed by atoms with Gasteiger partial charge in [0.2, 0.25) is 5.91 Å². The van der Waals surface area contributed by atoms with E-state index in [1.165, 1.54) is 5.56 Å². The van der Waals surface area contributed by atoms with Crippen LogP contribution in [0, 0.1) is 6.92 Å². The summed E-state index contributed by atoms with van der Waals surface area (Å²) in [6.07, 6.45) is 0. The molecule has 0 saturated carbocycles. The summed E-state index contributed by atoms with van der Waals surface area (Å²) < 4.78 is 0. The Hall–Kier alpha value is -2.96. The lowest BCUT2D eigenvalue weighted by atomic mass is 10.2. The summed E-state index contributed by atoms with van der Waals surface area (Å²) in [4.78, 5) is 27.3. The molecule has 2 amide bonds. The molecule has 0 radical (unpaired) electrons. The van der Waals surface area contributed by atoms with Crippen molar-refractivity contribution in [3.8, 4) is 0 Å². The minimum Gasteiger partial charge on any atom is -0.339 e. The molecule has 7 nitrogen and oxygen atoms in total. The van der Waals surface area contributed by atoms with Crippen LogP contribution in [-0.2, 0) is 4.79 Å². The Morgan fingerprint density at radius 2 is 1.56 bits per heavy atom. The fourth-order valence-electron chi connectivity index (χ4n) is 2.68. The van der Waals surface area contributed by atoms with Crippen molar-refractivity contribution < 1.29 is 9.59 Å². The third-order valence-electron chi connectivity index (χ3n) is 4.22. The molecule has 0 spiro atoms. The van der Waals surface area contributed by atoms with Gasteiger partial charge in [0.25, 0.3) is 5.91 Å². The minimum absolute atomic E-state index is 0.0402. The zero-order valence-electron chi connectivity index (χ0n) is 14.4. The first-order valence-electron chi connectivity index (χ1n) is 8.25. The van der Waals surface area contributed by atoms with Gasteiger partial charge in [-0.25, -0.2) is 0 Å². The lowest BCUT2D eigenvalue weighted by Gasteiger charge is -2.33. The monoisotopic (exact) mass is 339 g/mol. The number of hydrogen-bond donors (Lipinski definition) is 1. The molecule has 0 unspecified atom stereocenters. The first kappa shape index (κ1) is 16.9. The molecule has 1 aliphatic rings. The van der Waals surface area contributed by atoms with Crippen LogP contribution in [0.4, 0.5) is 11.5 Å². The van der Waals surface area contributed by atoms with Crippen molar-refractivity contribution in [2.75, 3.05) is 31.5 Å². The maximum Gasteiger partial charge on any atom is 0.274 e.